The van der Waals surface area contributed by atoms with Crippen molar-refractivity contribution in [2.45, 2.75) is 37.1 Å². The van der Waals surface area contributed by atoms with Gasteiger partial charge in [0, 0.05) is 29.6 Å². The molecule has 0 aliphatic heterocycles. The molecular weight excluding hydrogens is 322 g/mol. The average molecular weight is 347 g/mol. The maximum Gasteiger partial charge on any atom is 0.240 e. The molecule has 4 rings (SSSR count). The fraction of sp³-hybridized carbons (Fsp3) is 0.318. The minimum atomic E-state index is -0.693. The van der Waals surface area contributed by atoms with Gasteiger partial charge in [0.2, 0.25) is 5.91 Å². The number of hydrogen-bond acceptors (Lipinski definition) is 2. The van der Waals surface area contributed by atoms with Gasteiger partial charge in [-0.3, -0.25) is 4.79 Å². The molecule has 1 aliphatic carbocycles. The molecule has 26 heavy (non-hydrogen) atoms. The number of aromatic nitrogens is 1. The number of hydrogen-bond donors (Lipinski definition) is 3. The van der Waals surface area contributed by atoms with Gasteiger partial charge in [-0.2, -0.15) is 0 Å². The SMILES string of the molecule is NC1(C(=O)NCC(c2ccccc2)c2c[nH]c3ccccc23)CCCC1. The molecule has 1 atom stereocenters. The van der Waals surface area contributed by atoms with Crippen LogP contribution in [-0.2, 0) is 4.79 Å². The molecule has 3 aromatic rings. The topological polar surface area (TPSA) is 70.9 Å². The van der Waals surface area contributed by atoms with Crippen LogP contribution in [0.1, 0.15) is 42.7 Å². The molecule has 4 nitrogen and oxygen atoms in total. The zero-order valence-corrected chi connectivity index (χ0v) is 14.9. The largest absolute Gasteiger partial charge is 0.361 e. The van der Waals surface area contributed by atoms with Crippen molar-refractivity contribution in [1.82, 2.24) is 10.3 Å². The number of benzene rings is 2. The molecule has 0 saturated heterocycles. The highest BCUT2D eigenvalue weighted by Gasteiger charge is 2.37. The number of para-hydroxylation sites is 1. The molecule has 0 radical (unpaired) electrons. The van der Waals surface area contributed by atoms with E-state index in [0.29, 0.717) is 6.54 Å². The van der Waals surface area contributed by atoms with E-state index in [0.717, 1.165) is 31.2 Å². The quantitative estimate of drug-likeness (QED) is 0.659. The maximum absolute atomic E-state index is 12.7. The number of fused-ring (bicyclic) bond motifs is 1. The van der Waals surface area contributed by atoms with Crippen LogP contribution in [0.15, 0.2) is 60.8 Å². The van der Waals surface area contributed by atoms with Crippen molar-refractivity contribution in [3.63, 3.8) is 0 Å². The smallest absolute Gasteiger partial charge is 0.240 e. The lowest BCUT2D eigenvalue weighted by Crippen LogP contribution is -2.52. The van der Waals surface area contributed by atoms with Crippen LogP contribution in [0.25, 0.3) is 10.9 Å². The number of rotatable bonds is 5. The molecule has 0 spiro atoms. The summed E-state index contributed by atoms with van der Waals surface area (Å²) in [4.78, 5) is 16.0. The molecular formula is C22H25N3O. The summed E-state index contributed by atoms with van der Waals surface area (Å²) in [6, 6.07) is 18.6. The molecule has 1 aromatic heterocycles. The van der Waals surface area contributed by atoms with Gasteiger partial charge < -0.3 is 16.0 Å². The minimum absolute atomic E-state index is 0.0178. The van der Waals surface area contributed by atoms with Crippen molar-refractivity contribution in [3.05, 3.63) is 71.9 Å². The fourth-order valence-electron chi connectivity index (χ4n) is 4.08. The van der Waals surface area contributed by atoms with Crippen molar-refractivity contribution in [2.75, 3.05) is 6.54 Å². The Bertz CT molecular complexity index is 894. The van der Waals surface area contributed by atoms with Crippen LogP contribution in [0.4, 0.5) is 0 Å². The summed E-state index contributed by atoms with van der Waals surface area (Å²) in [6.07, 6.45) is 5.69. The van der Waals surface area contributed by atoms with Crippen molar-refractivity contribution in [2.24, 2.45) is 5.73 Å². The Morgan fingerprint density at radius 1 is 1.08 bits per heavy atom. The summed E-state index contributed by atoms with van der Waals surface area (Å²) in [6.45, 7) is 0.545. The van der Waals surface area contributed by atoms with E-state index in [2.05, 4.69) is 40.8 Å². The summed E-state index contributed by atoms with van der Waals surface area (Å²) in [5, 5.41) is 4.33. The summed E-state index contributed by atoms with van der Waals surface area (Å²) in [5.41, 5.74) is 9.13. The molecule has 4 N–H and O–H groups in total. The second-order valence-corrected chi connectivity index (χ2v) is 7.33. The van der Waals surface area contributed by atoms with E-state index in [-0.39, 0.29) is 11.8 Å². The van der Waals surface area contributed by atoms with E-state index >= 15 is 0 Å². The van der Waals surface area contributed by atoms with Crippen molar-refractivity contribution < 1.29 is 4.79 Å². The van der Waals surface area contributed by atoms with E-state index in [1.165, 1.54) is 16.5 Å². The Hall–Kier alpha value is -2.59. The van der Waals surface area contributed by atoms with Gasteiger partial charge in [-0.25, -0.2) is 0 Å². The van der Waals surface area contributed by atoms with Gasteiger partial charge in [0.15, 0.2) is 0 Å². The van der Waals surface area contributed by atoms with Gasteiger partial charge in [-0.1, -0.05) is 61.4 Å². The van der Waals surface area contributed by atoms with Crippen LogP contribution in [0, 0.1) is 0 Å². The first kappa shape index (κ1) is 16.9. The Kier molecular flexibility index (Phi) is 4.51. The predicted molar refractivity (Wildman–Crippen MR) is 105 cm³/mol. The third kappa shape index (κ3) is 3.13. The van der Waals surface area contributed by atoms with Gasteiger partial charge in [-0.15, -0.1) is 0 Å². The third-order valence-electron chi connectivity index (χ3n) is 5.61. The summed E-state index contributed by atoms with van der Waals surface area (Å²) < 4.78 is 0. The van der Waals surface area contributed by atoms with Gasteiger partial charge in [0.25, 0.3) is 0 Å². The van der Waals surface area contributed by atoms with E-state index in [1.54, 1.807) is 0 Å². The Balaban J connectivity index is 1.63. The number of carbonyl (C=O) groups excluding carboxylic acids is 1. The Morgan fingerprint density at radius 3 is 2.54 bits per heavy atom. The second kappa shape index (κ2) is 6.96. The van der Waals surface area contributed by atoms with Crippen LogP contribution in [0.5, 0.6) is 0 Å². The van der Waals surface area contributed by atoms with Gasteiger partial charge >= 0.3 is 0 Å². The summed E-state index contributed by atoms with van der Waals surface area (Å²) in [7, 11) is 0. The van der Waals surface area contributed by atoms with Crippen LogP contribution < -0.4 is 11.1 Å². The fourth-order valence-corrected chi connectivity index (χ4v) is 4.08. The minimum Gasteiger partial charge on any atom is -0.361 e. The van der Waals surface area contributed by atoms with Crippen molar-refractivity contribution in [1.29, 1.82) is 0 Å². The lowest BCUT2D eigenvalue weighted by molar-refractivity contribution is -0.126. The number of nitrogens with two attached hydrogens (primary N) is 1. The van der Waals surface area contributed by atoms with Crippen LogP contribution in [0.2, 0.25) is 0 Å². The standard InChI is InChI=1S/C22H25N3O/c23-22(12-6-7-13-22)21(26)25-14-18(16-8-2-1-3-9-16)19-15-24-20-11-5-4-10-17(19)20/h1-5,8-11,15,18,24H,6-7,12-14,23H2,(H,25,26). The first-order valence-electron chi connectivity index (χ1n) is 9.35. The van der Waals surface area contributed by atoms with Gasteiger partial charge in [-0.05, 0) is 30.0 Å². The lowest BCUT2D eigenvalue weighted by Gasteiger charge is -2.25. The highest BCUT2D eigenvalue weighted by molar-refractivity contribution is 5.87. The Morgan fingerprint density at radius 2 is 1.77 bits per heavy atom. The zero-order valence-electron chi connectivity index (χ0n) is 14.9. The average Bonchev–Trinajstić information content (AvgIpc) is 3.30. The summed E-state index contributed by atoms with van der Waals surface area (Å²) >= 11 is 0. The number of amides is 1. The highest BCUT2D eigenvalue weighted by atomic mass is 16.2. The first-order chi connectivity index (χ1) is 12.7. The van der Waals surface area contributed by atoms with E-state index in [1.807, 2.05) is 30.3 Å². The highest BCUT2D eigenvalue weighted by Crippen LogP contribution is 2.31. The molecule has 1 aliphatic rings. The van der Waals surface area contributed by atoms with E-state index < -0.39 is 5.54 Å². The molecule has 134 valence electrons. The molecule has 1 heterocycles. The van der Waals surface area contributed by atoms with Gasteiger partial charge in [0.05, 0.1) is 5.54 Å². The first-order valence-corrected chi connectivity index (χ1v) is 9.35. The molecule has 2 aromatic carbocycles. The lowest BCUT2D eigenvalue weighted by atomic mass is 9.90. The molecule has 0 bridgehead atoms. The van der Waals surface area contributed by atoms with Gasteiger partial charge in [0.1, 0.15) is 0 Å². The molecule has 1 saturated carbocycles. The second-order valence-electron chi connectivity index (χ2n) is 7.33. The number of carbonyl (C=O) groups is 1. The van der Waals surface area contributed by atoms with E-state index in [4.69, 9.17) is 5.73 Å². The number of H-pyrrole nitrogens is 1. The maximum atomic E-state index is 12.7. The molecule has 1 amide bonds. The number of aromatic amines is 1. The van der Waals surface area contributed by atoms with Crippen LogP contribution >= 0.6 is 0 Å². The zero-order chi connectivity index (χ0) is 18.0. The van der Waals surface area contributed by atoms with Crippen LogP contribution in [-0.4, -0.2) is 23.0 Å². The monoisotopic (exact) mass is 347 g/mol. The summed E-state index contributed by atoms with van der Waals surface area (Å²) in [5.74, 6) is 0.0667. The third-order valence-corrected chi connectivity index (χ3v) is 5.61. The predicted octanol–water partition coefficient (Wildman–Crippen LogP) is 3.69. The normalized spacial score (nSPS) is 17.3. The van der Waals surface area contributed by atoms with Crippen molar-refractivity contribution in [3.8, 4) is 0 Å². The van der Waals surface area contributed by atoms with Crippen molar-refractivity contribution >= 4 is 16.8 Å². The van der Waals surface area contributed by atoms with E-state index in [9.17, 15) is 4.79 Å². The number of nitrogens with one attached hydrogen (secondary N) is 2. The van der Waals surface area contributed by atoms with Crippen LogP contribution in [0.3, 0.4) is 0 Å². The molecule has 4 heteroatoms. The Labute approximate surface area is 153 Å². The molecule has 1 fully saturated rings. The molecule has 1 unspecified atom stereocenters.